The first-order chi connectivity index (χ1) is 8.11. The van der Waals surface area contributed by atoms with Crippen LogP contribution in [0.4, 0.5) is 0 Å². The molecule has 17 heavy (non-hydrogen) atoms. The molecule has 0 radical (unpaired) electrons. The highest BCUT2D eigenvalue weighted by Gasteiger charge is 2.59. The van der Waals surface area contributed by atoms with Crippen molar-refractivity contribution in [2.45, 2.75) is 64.4 Å². The van der Waals surface area contributed by atoms with Gasteiger partial charge in [-0.3, -0.25) is 0 Å². The molecule has 0 aromatic rings. The quantitative estimate of drug-likeness (QED) is 0.649. The molecule has 4 aliphatic carbocycles. The largest absolute Gasteiger partial charge is 0.495 e. The lowest BCUT2D eigenvalue weighted by Crippen LogP contribution is -2.57. The Hall–Kier alpha value is -0.460. The van der Waals surface area contributed by atoms with Crippen molar-refractivity contribution in [1.29, 1.82) is 0 Å². The highest BCUT2D eigenvalue weighted by Crippen LogP contribution is 2.64. The molecule has 0 saturated heterocycles. The molecule has 4 fully saturated rings. The molecule has 1 nitrogen and oxygen atoms in total. The molecule has 1 unspecified atom stereocenters. The Balaban J connectivity index is 1.92. The molecule has 4 saturated carbocycles. The molecule has 0 spiro atoms. The molecule has 0 heterocycles. The second-order valence-electron chi connectivity index (χ2n) is 7.07. The van der Waals surface area contributed by atoms with Gasteiger partial charge in [-0.05, 0) is 69.6 Å². The van der Waals surface area contributed by atoms with Gasteiger partial charge in [-0.25, -0.2) is 0 Å². The van der Waals surface area contributed by atoms with Crippen LogP contribution in [0.3, 0.4) is 0 Å². The minimum Gasteiger partial charge on any atom is -0.495 e. The molecular formula is C16H26O. The van der Waals surface area contributed by atoms with Gasteiger partial charge in [0.25, 0.3) is 0 Å². The summed E-state index contributed by atoms with van der Waals surface area (Å²) >= 11 is 0. The van der Waals surface area contributed by atoms with E-state index in [9.17, 15) is 0 Å². The average molecular weight is 234 g/mol. The first-order valence-corrected chi connectivity index (χ1v) is 7.39. The molecule has 0 aromatic carbocycles. The maximum absolute atomic E-state index is 6.03. The summed E-state index contributed by atoms with van der Waals surface area (Å²) in [4.78, 5) is 0. The SMILES string of the molecule is C=COC(C)(CC)C12CC3CC(CC(C3)C1)C2. The Bertz CT molecular complexity index is 284. The molecule has 4 aliphatic rings. The van der Waals surface area contributed by atoms with Crippen molar-refractivity contribution in [3.05, 3.63) is 12.8 Å². The lowest BCUT2D eigenvalue weighted by Gasteiger charge is -2.62. The maximum Gasteiger partial charge on any atom is 0.111 e. The normalized spacial score (nSPS) is 46.6. The summed E-state index contributed by atoms with van der Waals surface area (Å²) in [5, 5.41) is 0. The van der Waals surface area contributed by atoms with E-state index in [0.717, 1.165) is 24.2 Å². The van der Waals surface area contributed by atoms with Crippen LogP contribution < -0.4 is 0 Å². The molecule has 1 atom stereocenters. The fourth-order valence-corrected chi connectivity index (χ4v) is 5.53. The van der Waals surface area contributed by atoms with Gasteiger partial charge in [-0.15, -0.1) is 0 Å². The van der Waals surface area contributed by atoms with Crippen LogP contribution in [-0.4, -0.2) is 5.60 Å². The van der Waals surface area contributed by atoms with Gasteiger partial charge < -0.3 is 4.74 Å². The summed E-state index contributed by atoms with van der Waals surface area (Å²) in [7, 11) is 0. The van der Waals surface area contributed by atoms with E-state index >= 15 is 0 Å². The zero-order chi connectivity index (χ0) is 12.1. The molecule has 4 bridgehead atoms. The predicted octanol–water partition coefficient (Wildman–Crippen LogP) is 4.53. The number of rotatable bonds is 4. The van der Waals surface area contributed by atoms with E-state index in [1.807, 2.05) is 0 Å². The number of hydrogen-bond acceptors (Lipinski definition) is 1. The molecule has 0 N–H and O–H groups in total. The minimum absolute atomic E-state index is 0.0325. The standard InChI is InChI=1S/C16H26O/c1-4-15(3,17-5-2)16-9-12-6-13(10-16)8-14(7-12)11-16/h5,12-14H,2,4,6-11H2,1,3H3. The van der Waals surface area contributed by atoms with Gasteiger partial charge >= 0.3 is 0 Å². The van der Waals surface area contributed by atoms with Crippen LogP contribution in [-0.2, 0) is 4.74 Å². The van der Waals surface area contributed by atoms with Gasteiger partial charge in [-0.2, -0.15) is 0 Å². The van der Waals surface area contributed by atoms with Crippen LogP contribution in [0.15, 0.2) is 12.8 Å². The summed E-state index contributed by atoms with van der Waals surface area (Å²) in [6, 6.07) is 0. The number of hydrogen-bond donors (Lipinski definition) is 0. The van der Waals surface area contributed by atoms with Gasteiger partial charge in [0.15, 0.2) is 0 Å². The van der Waals surface area contributed by atoms with Gasteiger partial charge in [-0.1, -0.05) is 13.5 Å². The van der Waals surface area contributed by atoms with E-state index in [0.29, 0.717) is 5.41 Å². The van der Waals surface area contributed by atoms with Crippen molar-refractivity contribution >= 4 is 0 Å². The summed E-state index contributed by atoms with van der Waals surface area (Å²) in [6.45, 7) is 8.41. The smallest absolute Gasteiger partial charge is 0.111 e. The molecular weight excluding hydrogens is 208 g/mol. The Morgan fingerprint density at radius 3 is 2.00 bits per heavy atom. The van der Waals surface area contributed by atoms with Crippen molar-refractivity contribution in [2.75, 3.05) is 0 Å². The van der Waals surface area contributed by atoms with Crippen LogP contribution in [0.25, 0.3) is 0 Å². The zero-order valence-electron chi connectivity index (χ0n) is 11.4. The average Bonchev–Trinajstić information content (AvgIpc) is 2.27. The van der Waals surface area contributed by atoms with Crippen molar-refractivity contribution in [1.82, 2.24) is 0 Å². The molecule has 4 rings (SSSR count). The van der Waals surface area contributed by atoms with E-state index in [2.05, 4.69) is 20.4 Å². The maximum atomic E-state index is 6.03. The number of ether oxygens (including phenoxy) is 1. The molecule has 1 heteroatoms. The van der Waals surface area contributed by atoms with Crippen LogP contribution in [0.5, 0.6) is 0 Å². The fourth-order valence-electron chi connectivity index (χ4n) is 5.53. The van der Waals surface area contributed by atoms with Crippen molar-refractivity contribution < 1.29 is 4.74 Å². The van der Waals surface area contributed by atoms with Gasteiger partial charge in [0, 0.05) is 5.41 Å². The first-order valence-electron chi connectivity index (χ1n) is 7.39. The lowest BCUT2D eigenvalue weighted by atomic mass is 9.45. The third kappa shape index (κ3) is 1.57. The van der Waals surface area contributed by atoms with Crippen molar-refractivity contribution in [2.24, 2.45) is 23.2 Å². The summed E-state index contributed by atoms with van der Waals surface area (Å²) in [6.07, 6.45) is 11.6. The van der Waals surface area contributed by atoms with E-state index in [1.54, 1.807) is 6.26 Å². The van der Waals surface area contributed by atoms with Crippen molar-refractivity contribution in [3.8, 4) is 0 Å². The second kappa shape index (κ2) is 3.76. The third-order valence-electron chi connectivity index (χ3n) is 6.18. The third-order valence-corrected chi connectivity index (χ3v) is 6.18. The summed E-state index contributed by atoms with van der Waals surface area (Å²) in [5.74, 6) is 3.00. The zero-order valence-corrected chi connectivity index (χ0v) is 11.4. The highest BCUT2D eigenvalue weighted by atomic mass is 16.5. The molecule has 0 amide bonds. The monoisotopic (exact) mass is 234 g/mol. The van der Waals surface area contributed by atoms with Crippen molar-refractivity contribution in [3.63, 3.8) is 0 Å². The van der Waals surface area contributed by atoms with Crippen LogP contribution in [0.1, 0.15) is 58.8 Å². The predicted molar refractivity (Wildman–Crippen MR) is 70.6 cm³/mol. The van der Waals surface area contributed by atoms with E-state index in [4.69, 9.17) is 4.74 Å². The van der Waals surface area contributed by atoms with Crippen LogP contribution in [0.2, 0.25) is 0 Å². The second-order valence-corrected chi connectivity index (χ2v) is 7.07. The minimum atomic E-state index is 0.0325. The van der Waals surface area contributed by atoms with Gasteiger partial charge in [0.1, 0.15) is 5.60 Å². The first kappa shape index (κ1) is 11.6. The molecule has 96 valence electrons. The Kier molecular flexibility index (Phi) is 2.57. The molecule has 0 aliphatic heterocycles. The summed E-state index contributed by atoms with van der Waals surface area (Å²) < 4.78 is 6.03. The molecule has 0 aromatic heterocycles. The van der Waals surface area contributed by atoms with E-state index in [-0.39, 0.29) is 5.60 Å². The van der Waals surface area contributed by atoms with Crippen LogP contribution >= 0.6 is 0 Å². The highest BCUT2D eigenvalue weighted by molar-refractivity contribution is 5.09. The fraction of sp³-hybridized carbons (Fsp3) is 0.875. The van der Waals surface area contributed by atoms with E-state index in [1.165, 1.54) is 38.5 Å². The van der Waals surface area contributed by atoms with Crippen LogP contribution in [0, 0.1) is 23.2 Å². The van der Waals surface area contributed by atoms with Gasteiger partial charge in [0.05, 0.1) is 6.26 Å². The summed E-state index contributed by atoms with van der Waals surface area (Å²) in [5.41, 5.74) is 0.495. The Morgan fingerprint density at radius 2 is 1.65 bits per heavy atom. The Morgan fingerprint density at radius 1 is 1.18 bits per heavy atom. The Labute approximate surface area is 106 Å². The van der Waals surface area contributed by atoms with E-state index < -0.39 is 0 Å². The van der Waals surface area contributed by atoms with Gasteiger partial charge in [0.2, 0.25) is 0 Å². The lowest BCUT2D eigenvalue weighted by molar-refractivity contribution is -0.175. The topological polar surface area (TPSA) is 9.23 Å².